The largest absolute Gasteiger partial charge is 0.382 e. The van der Waals surface area contributed by atoms with Gasteiger partial charge in [-0.05, 0) is 30.3 Å². The Morgan fingerprint density at radius 3 is 2.39 bits per heavy atom. The summed E-state index contributed by atoms with van der Waals surface area (Å²) in [4.78, 5) is 28.4. The second-order valence-corrected chi connectivity index (χ2v) is 6.27. The maximum absolute atomic E-state index is 13.3. The summed E-state index contributed by atoms with van der Waals surface area (Å²) < 4.78 is 2.97. The number of rotatable bonds is 2. The number of hydrogen-bond donors (Lipinski definition) is 1. The second-order valence-electron chi connectivity index (χ2n) is 6.27. The summed E-state index contributed by atoms with van der Waals surface area (Å²) in [7, 11) is 0. The molecule has 9 heteroatoms. The van der Waals surface area contributed by atoms with Gasteiger partial charge in [-0.15, -0.1) is 5.10 Å². The monoisotopic (exact) mass is 372 g/mol. The molecule has 2 aromatic carbocycles. The van der Waals surface area contributed by atoms with Crippen molar-refractivity contribution >= 4 is 39.1 Å². The molecule has 0 unspecified atom stereocenters. The number of nitrogens with zero attached hydrogens (tertiary/aromatic N) is 5. The highest BCUT2D eigenvalue weighted by molar-refractivity contribution is 6.04. The molecule has 0 bridgehead atoms. The first-order chi connectivity index (χ1) is 13.5. The molecule has 0 atom stereocenters. The number of benzene rings is 2. The van der Waals surface area contributed by atoms with Gasteiger partial charge in [-0.3, -0.25) is 19.5 Å². The van der Waals surface area contributed by atoms with Gasteiger partial charge in [0.1, 0.15) is 11.3 Å². The van der Waals surface area contributed by atoms with Gasteiger partial charge in [-0.1, -0.05) is 18.2 Å². The number of imidazole rings is 1. The molecule has 5 aromatic rings. The zero-order chi connectivity index (χ0) is 19.4. The van der Waals surface area contributed by atoms with Crippen LogP contribution < -0.4 is 11.3 Å². The fraction of sp³-hybridized carbons (Fsp3) is 0. The number of nitrogens with two attached hydrogens (primary N) is 1. The topological polar surface area (TPSA) is 121 Å². The minimum Gasteiger partial charge on any atom is -0.382 e. The van der Waals surface area contributed by atoms with Crippen LogP contribution in [0.1, 0.15) is 0 Å². The van der Waals surface area contributed by atoms with Crippen molar-refractivity contribution in [3.63, 3.8) is 0 Å². The lowest BCUT2D eigenvalue weighted by Gasteiger charge is -2.10. The molecule has 9 nitrogen and oxygen atoms in total. The molecule has 0 saturated carbocycles. The lowest BCUT2D eigenvalue weighted by atomic mass is 10.1. The number of fused-ring (bicyclic) bond motifs is 5. The highest BCUT2D eigenvalue weighted by Gasteiger charge is 2.18. The molecule has 0 radical (unpaired) electrons. The fourth-order valence-electron chi connectivity index (χ4n) is 3.37. The minimum absolute atomic E-state index is 0.0608. The summed E-state index contributed by atoms with van der Waals surface area (Å²) in [5.41, 5.74) is 7.55. The van der Waals surface area contributed by atoms with Crippen molar-refractivity contribution in [2.24, 2.45) is 0 Å². The average Bonchev–Trinajstić information content (AvgIpc) is 3.07. The smallest absolute Gasteiger partial charge is 0.269 e. The number of nitrogen functional groups attached to an aromatic ring is 1. The number of anilines is 1. The highest BCUT2D eigenvalue weighted by Crippen LogP contribution is 2.26. The summed E-state index contributed by atoms with van der Waals surface area (Å²) in [5.74, 6) is 0.280. The van der Waals surface area contributed by atoms with Crippen molar-refractivity contribution in [2.45, 2.75) is 0 Å². The van der Waals surface area contributed by atoms with Crippen molar-refractivity contribution in [3.8, 4) is 5.69 Å². The molecular formula is C19H12N6O3. The van der Waals surface area contributed by atoms with Crippen molar-refractivity contribution < 1.29 is 4.92 Å². The Morgan fingerprint density at radius 1 is 0.964 bits per heavy atom. The molecule has 0 aliphatic heterocycles. The van der Waals surface area contributed by atoms with Gasteiger partial charge in [-0.25, -0.2) is 4.98 Å². The molecule has 0 fully saturated rings. The maximum atomic E-state index is 13.3. The standard InChI is InChI=1S/C19H12N6O3/c20-15-9-10-16-21-17-13-3-1-2-4-14(13)19(26)23(18(17)24(16)22-15)11-5-7-12(8-6-11)25(27)28/h1-10H,(H2,20,22). The molecule has 5 rings (SSSR count). The Bertz CT molecular complexity index is 1470. The van der Waals surface area contributed by atoms with Gasteiger partial charge < -0.3 is 5.73 Å². The Hall–Kier alpha value is -4.27. The van der Waals surface area contributed by atoms with Crippen LogP contribution in [0.2, 0.25) is 0 Å². The molecule has 3 aromatic heterocycles. The first-order valence-corrected chi connectivity index (χ1v) is 8.38. The number of aromatic nitrogens is 4. The Morgan fingerprint density at radius 2 is 1.68 bits per heavy atom. The van der Waals surface area contributed by atoms with Crippen LogP contribution >= 0.6 is 0 Å². The van der Waals surface area contributed by atoms with E-state index in [-0.39, 0.29) is 17.1 Å². The molecule has 28 heavy (non-hydrogen) atoms. The number of pyridine rings is 1. The van der Waals surface area contributed by atoms with E-state index < -0.39 is 4.92 Å². The Kier molecular flexibility index (Phi) is 3.20. The van der Waals surface area contributed by atoms with E-state index in [0.717, 1.165) is 0 Å². The van der Waals surface area contributed by atoms with Gasteiger partial charge in [0.05, 0.1) is 10.6 Å². The van der Waals surface area contributed by atoms with Crippen LogP contribution in [0, 0.1) is 10.1 Å². The highest BCUT2D eigenvalue weighted by atomic mass is 16.6. The van der Waals surface area contributed by atoms with E-state index in [4.69, 9.17) is 5.73 Å². The third-order valence-electron chi connectivity index (χ3n) is 4.62. The van der Waals surface area contributed by atoms with Crippen LogP contribution in [0.5, 0.6) is 0 Å². The van der Waals surface area contributed by atoms with Crippen molar-refractivity contribution in [3.05, 3.63) is 81.1 Å². The SMILES string of the molecule is Nc1ccc2nc3c4ccccc4c(=O)n(-c4ccc([N+](=O)[O-])cc4)c3n2n1. The van der Waals surface area contributed by atoms with Crippen LogP contribution in [0.4, 0.5) is 11.5 Å². The molecule has 0 amide bonds. The van der Waals surface area contributed by atoms with Crippen molar-refractivity contribution in [1.29, 1.82) is 0 Å². The van der Waals surface area contributed by atoms with Gasteiger partial charge in [-0.2, -0.15) is 4.52 Å². The average molecular weight is 372 g/mol. The van der Waals surface area contributed by atoms with Gasteiger partial charge >= 0.3 is 0 Å². The van der Waals surface area contributed by atoms with Crippen LogP contribution in [0.3, 0.4) is 0 Å². The van der Waals surface area contributed by atoms with Gasteiger partial charge in [0.2, 0.25) is 0 Å². The molecule has 0 aliphatic carbocycles. The van der Waals surface area contributed by atoms with Crippen molar-refractivity contribution in [2.75, 3.05) is 5.73 Å². The molecule has 0 spiro atoms. The first-order valence-electron chi connectivity index (χ1n) is 8.38. The quantitative estimate of drug-likeness (QED) is 0.375. The summed E-state index contributed by atoms with van der Waals surface area (Å²) in [6.45, 7) is 0. The van der Waals surface area contributed by atoms with E-state index in [1.807, 2.05) is 12.1 Å². The third kappa shape index (κ3) is 2.16. The van der Waals surface area contributed by atoms with Gasteiger partial charge in [0.25, 0.3) is 11.2 Å². The lowest BCUT2D eigenvalue weighted by molar-refractivity contribution is -0.384. The van der Waals surface area contributed by atoms with Crippen LogP contribution in [-0.2, 0) is 0 Å². The normalized spacial score (nSPS) is 11.4. The number of non-ortho nitro benzene ring substituents is 1. The van der Waals surface area contributed by atoms with Gasteiger partial charge in [0, 0.05) is 22.9 Å². The fourth-order valence-corrected chi connectivity index (χ4v) is 3.37. The molecular weight excluding hydrogens is 360 g/mol. The maximum Gasteiger partial charge on any atom is 0.269 e. The third-order valence-corrected chi connectivity index (χ3v) is 4.62. The zero-order valence-corrected chi connectivity index (χ0v) is 14.3. The molecule has 0 saturated heterocycles. The first kappa shape index (κ1) is 15.9. The summed E-state index contributed by atoms with van der Waals surface area (Å²) in [6.07, 6.45) is 0. The minimum atomic E-state index is -0.487. The number of hydrogen-bond acceptors (Lipinski definition) is 6. The van der Waals surface area contributed by atoms with Crippen LogP contribution in [0.15, 0.2) is 65.5 Å². The predicted molar refractivity (Wildman–Crippen MR) is 105 cm³/mol. The van der Waals surface area contributed by atoms with Crippen LogP contribution in [-0.4, -0.2) is 24.1 Å². The van der Waals surface area contributed by atoms with E-state index in [1.165, 1.54) is 33.3 Å². The second kappa shape index (κ2) is 5.61. The van der Waals surface area contributed by atoms with Crippen molar-refractivity contribution in [1.82, 2.24) is 19.2 Å². The molecule has 3 heterocycles. The molecule has 2 N–H and O–H groups in total. The number of nitro groups is 1. The lowest BCUT2D eigenvalue weighted by Crippen LogP contribution is -2.20. The van der Waals surface area contributed by atoms with Crippen LogP contribution in [0.25, 0.3) is 33.3 Å². The zero-order valence-electron chi connectivity index (χ0n) is 14.3. The molecule has 0 aliphatic rings. The summed E-state index contributed by atoms with van der Waals surface area (Å²) in [6, 6.07) is 16.3. The summed E-state index contributed by atoms with van der Waals surface area (Å²) >= 11 is 0. The van der Waals surface area contributed by atoms with E-state index in [9.17, 15) is 14.9 Å². The van der Waals surface area contributed by atoms with E-state index in [1.54, 1.807) is 24.3 Å². The van der Waals surface area contributed by atoms with E-state index >= 15 is 0 Å². The number of nitro benzene ring substituents is 1. The Balaban J connectivity index is 1.99. The Labute approximate surface area is 156 Å². The van der Waals surface area contributed by atoms with Gasteiger partial charge in [0.15, 0.2) is 11.3 Å². The predicted octanol–water partition coefficient (Wildman–Crippen LogP) is 2.68. The molecule has 136 valence electrons. The van der Waals surface area contributed by atoms with E-state index in [2.05, 4.69) is 10.1 Å². The summed E-state index contributed by atoms with van der Waals surface area (Å²) in [5, 5.41) is 16.5. The van der Waals surface area contributed by atoms with E-state index in [0.29, 0.717) is 33.3 Å².